The van der Waals surface area contributed by atoms with Gasteiger partial charge in [-0.3, -0.25) is 9.36 Å². The molecule has 8 heteroatoms. The van der Waals surface area contributed by atoms with Gasteiger partial charge in [-0.1, -0.05) is 54.2 Å². The molecule has 0 N–H and O–H groups in total. The van der Waals surface area contributed by atoms with Crippen LogP contribution in [0.2, 0.25) is 0 Å². The second kappa shape index (κ2) is 10.8. The number of rotatable bonds is 8. The molecule has 0 aliphatic carbocycles. The molecule has 1 fully saturated rings. The SMILES string of the molecule is COc1cccc(-c2nnc(SC(C(=O)N3CCCCC3)c3ccccc3)n2Cc2ccco2)c1. The van der Waals surface area contributed by atoms with Crippen LogP contribution >= 0.6 is 11.8 Å². The van der Waals surface area contributed by atoms with Crippen molar-refractivity contribution in [3.8, 4) is 17.1 Å². The van der Waals surface area contributed by atoms with Gasteiger partial charge in [0, 0.05) is 18.7 Å². The first-order chi connectivity index (χ1) is 17.2. The summed E-state index contributed by atoms with van der Waals surface area (Å²) in [6, 6.07) is 21.5. The second-order valence-corrected chi connectivity index (χ2v) is 9.57. The minimum atomic E-state index is -0.410. The van der Waals surface area contributed by atoms with Gasteiger partial charge in [0.2, 0.25) is 5.91 Å². The Morgan fingerprint density at radius 2 is 1.86 bits per heavy atom. The summed E-state index contributed by atoms with van der Waals surface area (Å²) in [4.78, 5) is 15.7. The summed E-state index contributed by atoms with van der Waals surface area (Å²) in [5.74, 6) is 2.34. The molecular weight excluding hydrogens is 460 g/mol. The lowest BCUT2D eigenvalue weighted by Crippen LogP contribution is -2.38. The molecular formula is C27H28N4O3S. The van der Waals surface area contributed by atoms with Gasteiger partial charge in [-0.25, -0.2) is 0 Å². The van der Waals surface area contributed by atoms with Crippen molar-refractivity contribution in [3.05, 3.63) is 84.3 Å². The summed E-state index contributed by atoms with van der Waals surface area (Å²) in [6.07, 6.45) is 4.93. The number of hydrogen-bond acceptors (Lipinski definition) is 6. The van der Waals surface area contributed by atoms with Crippen molar-refractivity contribution >= 4 is 17.7 Å². The standard InChI is InChI=1S/C27H28N4O3S/c1-33-22-13-8-12-21(18-22)25-28-29-27(31(25)19-23-14-9-17-34-23)35-24(20-10-4-2-5-11-20)26(32)30-15-6-3-7-16-30/h2,4-5,8-14,17-18,24H,3,6-7,15-16,19H2,1H3. The third kappa shape index (κ3) is 5.27. The van der Waals surface area contributed by atoms with Crippen molar-refractivity contribution in [1.82, 2.24) is 19.7 Å². The first-order valence-corrected chi connectivity index (χ1v) is 12.7. The zero-order valence-corrected chi connectivity index (χ0v) is 20.5. The van der Waals surface area contributed by atoms with E-state index in [4.69, 9.17) is 9.15 Å². The largest absolute Gasteiger partial charge is 0.497 e. The zero-order valence-electron chi connectivity index (χ0n) is 19.7. The topological polar surface area (TPSA) is 73.4 Å². The Bertz CT molecular complexity index is 1250. The normalized spacial score (nSPS) is 14.6. The highest BCUT2D eigenvalue weighted by Gasteiger charge is 2.30. The molecule has 3 heterocycles. The van der Waals surface area contributed by atoms with E-state index in [1.807, 2.05) is 76.2 Å². The molecule has 0 spiro atoms. The number of amides is 1. The van der Waals surface area contributed by atoms with Crippen molar-refractivity contribution in [3.63, 3.8) is 0 Å². The number of benzene rings is 2. The number of carbonyl (C=O) groups is 1. The molecule has 2 aromatic heterocycles. The molecule has 7 nitrogen and oxygen atoms in total. The molecule has 180 valence electrons. The van der Waals surface area contributed by atoms with Crippen molar-refractivity contribution < 1.29 is 13.9 Å². The van der Waals surface area contributed by atoms with Gasteiger partial charge in [0.15, 0.2) is 11.0 Å². The van der Waals surface area contributed by atoms with Crippen molar-refractivity contribution in [2.45, 2.75) is 36.2 Å². The summed E-state index contributed by atoms with van der Waals surface area (Å²) in [6.45, 7) is 2.06. The Hall–Kier alpha value is -3.52. The van der Waals surface area contributed by atoms with Crippen LogP contribution < -0.4 is 4.74 Å². The van der Waals surface area contributed by atoms with Crippen molar-refractivity contribution in [1.29, 1.82) is 0 Å². The molecule has 1 amide bonds. The van der Waals surface area contributed by atoms with Crippen LogP contribution in [0.1, 0.15) is 35.8 Å². The highest BCUT2D eigenvalue weighted by molar-refractivity contribution is 8.00. The fraction of sp³-hybridized carbons (Fsp3) is 0.296. The Morgan fingerprint density at radius 3 is 2.60 bits per heavy atom. The average Bonchev–Trinajstić information content (AvgIpc) is 3.58. The molecule has 2 aromatic carbocycles. The summed E-state index contributed by atoms with van der Waals surface area (Å²) in [5.41, 5.74) is 1.84. The Balaban J connectivity index is 1.53. The fourth-order valence-electron chi connectivity index (χ4n) is 4.33. The van der Waals surface area contributed by atoms with E-state index in [0.29, 0.717) is 17.5 Å². The van der Waals surface area contributed by atoms with Crippen LogP contribution in [-0.2, 0) is 11.3 Å². The maximum atomic E-state index is 13.7. The molecule has 1 atom stereocenters. The lowest BCUT2D eigenvalue weighted by Gasteiger charge is -2.30. The third-order valence-electron chi connectivity index (χ3n) is 6.16. The number of methoxy groups -OCH3 is 1. The van der Waals surface area contributed by atoms with Crippen LogP contribution in [0.25, 0.3) is 11.4 Å². The number of likely N-dealkylation sites (tertiary alicyclic amines) is 1. The second-order valence-electron chi connectivity index (χ2n) is 8.50. The highest BCUT2D eigenvalue weighted by Crippen LogP contribution is 2.38. The van der Waals surface area contributed by atoms with Gasteiger partial charge >= 0.3 is 0 Å². The zero-order chi connectivity index (χ0) is 24.0. The average molecular weight is 489 g/mol. The Morgan fingerprint density at radius 1 is 1.03 bits per heavy atom. The van der Waals surface area contributed by atoms with E-state index in [-0.39, 0.29) is 5.91 Å². The molecule has 1 aliphatic heterocycles. The maximum Gasteiger partial charge on any atom is 0.240 e. The first kappa shape index (κ1) is 23.2. The Kier molecular flexibility index (Phi) is 7.18. The van der Waals surface area contributed by atoms with E-state index < -0.39 is 5.25 Å². The van der Waals surface area contributed by atoms with Crippen LogP contribution in [0.4, 0.5) is 0 Å². The fourth-order valence-corrected chi connectivity index (χ4v) is 5.45. The van der Waals surface area contributed by atoms with Crippen molar-refractivity contribution in [2.75, 3.05) is 20.2 Å². The summed E-state index contributed by atoms with van der Waals surface area (Å²) >= 11 is 1.44. The molecule has 1 unspecified atom stereocenters. The van der Waals surface area contributed by atoms with Gasteiger partial charge in [0.05, 0.1) is 19.9 Å². The number of hydrogen-bond donors (Lipinski definition) is 0. The maximum absolute atomic E-state index is 13.7. The molecule has 5 rings (SSSR count). The number of piperidine rings is 1. The van der Waals surface area contributed by atoms with Gasteiger partial charge in [0.1, 0.15) is 16.8 Å². The molecule has 35 heavy (non-hydrogen) atoms. The summed E-state index contributed by atoms with van der Waals surface area (Å²) in [7, 11) is 1.64. The van der Waals surface area contributed by atoms with Gasteiger partial charge in [-0.2, -0.15) is 0 Å². The van der Waals surface area contributed by atoms with Crippen LogP contribution in [0.3, 0.4) is 0 Å². The minimum Gasteiger partial charge on any atom is -0.497 e. The Labute approximate surface area is 209 Å². The van der Waals surface area contributed by atoms with Gasteiger partial charge < -0.3 is 14.1 Å². The van der Waals surface area contributed by atoms with Crippen LogP contribution in [0.5, 0.6) is 5.75 Å². The van der Waals surface area contributed by atoms with E-state index in [0.717, 1.165) is 48.6 Å². The summed E-state index contributed by atoms with van der Waals surface area (Å²) in [5, 5.41) is 9.33. The van der Waals surface area contributed by atoms with Crippen molar-refractivity contribution in [2.24, 2.45) is 0 Å². The number of aromatic nitrogens is 3. The molecule has 0 saturated carbocycles. The first-order valence-electron chi connectivity index (χ1n) is 11.8. The number of carbonyl (C=O) groups excluding carboxylic acids is 1. The lowest BCUT2D eigenvalue weighted by atomic mass is 10.1. The van der Waals surface area contributed by atoms with E-state index in [9.17, 15) is 4.79 Å². The van der Waals surface area contributed by atoms with Crippen LogP contribution in [-0.4, -0.2) is 45.8 Å². The number of ether oxygens (including phenoxy) is 1. The molecule has 1 aliphatic rings. The molecule has 0 radical (unpaired) electrons. The number of furan rings is 1. The van der Waals surface area contributed by atoms with E-state index in [2.05, 4.69) is 10.2 Å². The molecule has 4 aromatic rings. The lowest BCUT2D eigenvalue weighted by molar-refractivity contribution is -0.131. The number of thioether (sulfide) groups is 1. The molecule has 0 bridgehead atoms. The minimum absolute atomic E-state index is 0.122. The molecule has 1 saturated heterocycles. The quantitative estimate of drug-likeness (QED) is 0.308. The van der Waals surface area contributed by atoms with Gasteiger partial charge in [-0.05, 0) is 49.1 Å². The number of nitrogens with zero attached hydrogens (tertiary/aromatic N) is 4. The monoisotopic (exact) mass is 488 g/mol. The van der Waals surface area contributed by atoms with E-state index in [1.165, 1.54) is 18.2 Å². The third-order valence-corrected chi connectivity index (χ3v) is 7.38. The summed E-state index contributed by atoms with van der Waals surface area (Å²) < 4.78 is 13.1. The highest BCUT2D eigenvalue weighted by atomic mass is 32.2. The smallest absolute Gasteiger partial charge is 0.240 e. The van der Waals surface area contributed by atoms with Gasteiger partial charge in [-0.15, -0.1) is 10.2 Å². The van der Waals surface area contributed by atoms with E-state index in [1.54, 1.807) is 13.4 Å². The van der Waals surface area contributed by atoms with E-state index >= 15 is 0 Å². The van der Waals surface area contributed by atoms with Crippen LogP contribution in [0.15, 0.2) is 82.6 Å². The van der Waals surface area contributed by atoms with Gasteiger partial charge in [0.25, 0.3) is 0 Å². The predicted molar refractivity (Wildman–Crippen MR) is 135 cm³/mol. The predicted octanol–water partition coefficient (Wildman–Crippen LogP) is 5.44. The van der Waals surface area contributed by atoms with Crippen LogP contribution in [0, 0.1) is 0 Å².